The van der Waals surface area contributed by atoms with Gasteiger partial charge < -0.3 is 45.4 Å². The molecule has 2 aromatic carbocycles. The lowest BCUT2D eigenvalue weighted by Crippen LogP contribution is -2.40. The van der Waals surface area contributed by atoms with Crippen LogP contribution in [-0.2, 0) is 11.3 Å². The molecular formula is C37H38N10O6. The molecule has 8 rings (SSSR count). The quantitative estimate of drug-likeness (QED) is 0.114. The van der Waals surface area contributed by atoms with E-state index in [1.807, 2.05) is 41.3 Å². The van der Waals surface area contributed by atoms with Gasteiger partial charge in [-0.1, -0.05) is 65.8 Å². The number of carbonyl (C=O) groups is 1. The van der Waals surface area contributed by atoms with Gasteiger partial charge in [0.2, 0.25) is 5.95 Å². The van der Waals surface area contributed by atoms with Crippen molar-refractivity contribution in [3.8, 4) is 0 Å². The molecule has 0 saturated carbocycles. The number of nitrogens with one attached hydrogen (secondary N) is 3. The molecule has 0 unspecified atom stereocenters. The Morgan fingerprint density at radius 2 is 1.75 bits per heavy atom. The zero-order valence-electron chi connectivity index (χ0n) is 28.4. The number of rotatable bonds is 11. The van der Waals surface area contributed by atoms with Crippen molar-refractivity contribution in [1.82, 2.24) is 35.0 Å². The van der Waals surface area contributed by atoms with E-state index in [1.165, 1.54) is 12.4 Å². The van der Waals surface area contributed by atoms with Crippen LogP contribution in [0.1, 0.15) is 47.3 Å². The monoisotopic (exact) mass is 718 g/mol. The highest BCUT2D eigenvalue weighted by atomic mass is 16.6. The number of imidazole rings is 1. The van der Waals surface area contributed by atoms with Crippen LogP contribution < -0.4 is 20.9 Å². The number of anilines is 3. The number of pyridine rings is 1. The fraction of sp³-hybridized carbons (Fsp3) is 0.297. The molecule has 4 aromatic heterocycles. The predicted octanol–water partition coefficient (Wildman–Crippen LogP) is 3.34. The Labute approximate surface area is 303 Å². The average molecular weight is 719 g/mol. The van der Waals surface area contributed by atoms with Crippen molar-refractivity contribution in [2.24, 2.45) is 0 Å². The third-order valence-corrected chi connectivity index (χ3v) is 9.54. The fourth-order valence-corrected chi connectivity index (χ4v) is 6.86. The second kappa shape index (κ2) is 15.0. The zero-order chi connectivity index (χ0) is 36.3. The third kappa shape index (κ3) is 7.12. The van der Waals surface area contributed by atoms with E-state index < -0.39 is 24.5 Å². The highest BCUT2D eigenvalue weighted by Crippen LogP contribution is 2.41. The Hall–Kier alpha value is -5.94. The highest BCUT2D eigenvalue weighted by Gasteiger charge is 2.47. The molecule has 272 valence electrons. The first kappa shape index (κ1) is 34.2. The minimum atomic E-state index is -1.38. The van der Waals surface area contributed by atoms with Gasteiger partial charge in [0.1, 0.15) is 24.0 Å². The van der Waals surface area contributed by atoms with Gasteiger partial charge in [0.05, 0.1) is 24.8 Å². The first-order valence-electron chi connectivity index (χ1n) is 17.3. The highest BCUT2D eigenvalue weighted by molar-refractivity contribution is 5.89. The van der Waals surface area contributed by atoms with Gasteiger partial charge in [0.15, 0.2) is 29.0 Å². The maximum Gasteiger partial charge on any atom is 0.319 e. The number of ether oxygens (including phenoxy) is 1. The topological polar surface area (TPSA) is 209 Å². The maximum absolute atomic E-state index is 12.8. The van der Waals surface area contributed by atoms with Crippen LogP contribution in [-0.4, -0.2) is 88.9 Å². The lowest BCUT2D eigenvalue weighted by atomic mass is 9.91. The van der Waals surface area contributed by atoms with Crippen LogP contribution >= 0.6 is 0 Å². The van der Waals surface area contributed by atoms with Crippen molar-refractivity contribution in [2.75, 3.05) is 35.2 Å². The summed E-state index contributed by atoms with van der Waals surface area (Å²) in [4.78, 5) is 33.4. The number of nitrogens with zero attached hydrogens (tertiary/aromatic N) is 7. The van der Waals surface area contributed by atoms with Crippen molar-refractivity contribution in [3.05, 3.63) is 120 Å². The van der Waals surface area contributed by atoms with Crippen molar-refractivity contribution < 1.29 is 29.4 Å². The number of aliphatic hydroxyl groups is 3. The summed E-state index contributed by atoms with van der Waals surface area (Å²) in [5.41, 5.74) is 3.91. The molecule has 2 aliphatic heterocycles. The van der Waals surface area contributed by atoms with Crippen molar-refractivity contribution in [2.45, 2.75) is 49.5 Å². The van der Waals surface area contributed by atoms with Gasteiger partial charge in [-0.2, -0.15) is 9.97 Å². The summed E-state index contributed by atoms with van der Waals surface area (Å²) in [5, 5.41) is 44.9. The van der Waals surface area contributed by atoms with E-state index in [2.05, 4.69) is 55.3 Å². The van der Waals surface area contributed by atoms with E-state index >= 15 is 0 Å². The van der Waals surface area contributed by atoms with Crippen LogP contribution in [0.25, 0.3) is 11.2 Å². The Balaban J connectivity index is 1.10. The summed E-state index contributed by atoms with van der Waals surface area (Å²) >= 11 is 0. The molecule has 53 heavy (non-hydrogen) atoms. The molecule has 0 radical (unpaired) electrons. The molecule has 6 heterocycles. The van der Waals surface area contributed by atoms with E-state index in [0.717, 1.165) is 11.1 Å². The first-order chi connectivity index (χ1) is 25.9. The second-order valence-electron chi connectivity index (χ2n) is 13.0. The molecule has 16 nitrogen and oxygen atoms in total. The lowest BCUT2D eigenvalue weighted by molar-refractivity contribution is -0.0434. The maximum atomic E-state index is 12.8. The van der Waals surface area contributed by atoms with Gasteiger partial charge in [0, 0.05) is 43.9 Å². The number of hydrogen-bond donors (Lipinski definition) is 6. The van der Waals surface area contributed by atoms with Crippen LogP contribution in [0.4, 0.5) is 22.2 Å². The molecule has 2 saturated heterocycles. The van der Waals surface area contributed by atoms with Crippen LogP contribution in [0.5, 0.6) is 0 Å². The summed E-state index contributed by atoms with van der Waals surface area (Å²) < 4.78 is 13.0. The predicted molar refractivity (Wildman–Crippen MR) is 193 cm³/mol. The van der Waals surface area contributed by atoms with Crippen molar-refractivity contribution in [1.29, 1.82) is 0 Å². The van der Waals surface area contributed by atoms with E-state index in [0.29, 0.717) is 54.7 Å². The number of amides is 2. The third-order valence-electron chi connectivity index (χ3n) is 9.54. The molecule has 0 spiro atoms. The largest absolute Gasteiger partial charge is 0.390 e. The van der Waals surface area contributed by atoms with Gasteiger partial charge in [-0.15, -0.1) is 0 Å². The molecule has 2 amide bonds. The molecule has 6 aromatic rings. The number of benzene rings is 2. The van der Waals surface area contributed by atoms with Crippen LogP contribution in [0.3, 0.4) is 0 Å². The fourth-order valence-electron chi connectivity index (χ4n) is 6.86. The zero-order valence-corrected chi connectivity index (χ0v) is 28.4. The van der Waals surface area contributed by atoms with E-state index in [4.69, 9.17) is 19.2 Å². The van der Waals surface area contributed by atoms with Crippen molar-refractivity contribution in [3.63, 3.8) is 0 Å². The minimum absolute atomic E-state index is 0.0201. The van der Waals surface area contributed by atoms with Gasteiger partial charge in [-0.05, 0) is 29.7 Å². The number of urea groups is 1. The summed E-state index contributed by atoms with van der Waals surface area (Å²) in [6.45, 7) is 1.14. The average Bonchev–Trinajstić information content (AvgIpc) is 4.00. The standard InChI is InChI=1S/C37H38N10O6/c48-20-26-16-28(53-45-26)32-30(49)31(50)35(52-32)47-21-40-29-33(39-18-27(22-8-3-1-4-9-22)23-10-5-2-6-11-23)43-36(44-34(29)47)46-15-13-25(19-46)42-37(51)41-24-12-7-14-38-17-24/h1-12,14,16-17,21,25,27,30-32,35,48-50H,13,15,18-20H2,(H,39,43,44)(H2,41,42,51)/t25-,30+,31+,32-,35-/m1/s1. The number of aromatic nitrogens is 6. The molecule has 5 atom stereocenters. The number of aliphatic hydroxyl groups excluding tert-OH is 3. The number of fused-ring (bicyclic) bond motifs is 1. The molecule has 6 N–H and O–H groups in total. The van der Waals surface area contributed by atoms with E-state index in [1.54, 1.807) is 29.1 Å². The van der Waals surface area contributed by atoms with Crippen LogP contribution in [0.15, 0.2) is 102 Å². The Bertz CT molecular complexity index is 2110. The number of carbonyl (C=O) groups excluding carboxylic acids is 1. The van der Waals surface area contributed by atoms with Gasteiger partial charge >= 0.3 is 6.03 Å². The summed E-state index contributed by atoms with van der Waals surface area (Å²) in [5.74, 6) is 1.01. The Morgan fingerprint density at radius 3 is 2.45 bits per heavy atom. The molecule has 0 bridgehead atoms. The lowest BCUT2D eigenvalue weighted by Gasteiger charge is -2.22. The second-order valence-corrected chi connectivity index (χ2v) is 13.0. The normalized spacial score (nSPS) is 21.4. The minimum Gasteiger partial charge on any atom is -0.390 e. The summed E-state index contributed by atoms with van der Waals surface area (Å²) in [6.07, 6.45) is 0.469. The van der Waals surface area contributed by atoms with Gasteiger partial charge in [0.25, 0.3) is 0 Å². The SMILES string of the molecule is O=C(Nc1cccnc1)N[C@@H]1CCN(c2nc(NCC(c3ccccc3)c3ccccc3)c3ncn([C@@H]4O[C@H](c5cc(CO)no5)[C@@H](O)[C@@H]4O)c3n2)C1. The molecule has 16 heteroatoms. The Kier molecular flexibility index (Phi) is 9.64. The Morgan fingerprint density at radius 1 is 0.981 bits per heavy atom. The van der Waals surface area contributed by atoms with Crippen molar-refractivity contribution >= 4 is 34.6 Å². The molecule has 2 aliphatic rings. The molecule has 0 aliphatic carbocycles. The molecule has 2 fully saturated rings. The first-order valence-corrected chi connectivity index (χ1v) is 17.3. The van der Waals surface area contributed by atoms with Gasteiger partial charge in [-0.3, -0.25) is 9.55 Å². The van der Waals surface area contributed by atoms with E-state index in [9.17, 15) is 20.1 Å². The molecular weight excluding hydrogens is 680 g/mol. The smallest absolute Gasteiger partial charge is 0.319 e. The summed E-state index contributed by atoms with van der Waals surface area (Å²) in [6, 6.07) is 24.9. The van der Waals surface area contributed by atoms with Crippen LogP contribution in [0, 0.1) is 0 Å². The summed E-state index contributed by atoms with van der Waals surface area (Å²) in [7, 11) is 0. The van der Waals surface area contributed by atoms with Gasteiger partial charge in [-0.25, -0.2) is 9.78 Å². The van der Waals surface area contributed by atoms with E-state index in [-0.39, 0.29) is 36.1 Å². The van der Waals surface area contributed by atoms with Crippen LogP contribution in [0.2, 0.25) is 0 Å². The number of hydrogen-bond acceptors (Lipinski definition) is 13.